The predicted molar refractivity (Wildman–Crippen MR) is 84.3 cm³/mol. The lowest BCUT2D eigenvalue weighted by Gasteiger charge is -2.25. The lowest BCUT2D eigenvalue weighted by atomic mass is 10.0. The number of rotatable bonds is 3. The van der Waals surface area contributed by atoms with Crippen molar-refractivity contribution < 1.29 is 27.5 Å². The predicted octanol–water partition coefficient (Wildman–Crippen LogP) is 3.76. The minimum absolute atomic E-state index is 0.0347. The van der Waals surface area contributed by atoms with Crippen molar-refractivity contribution in [2.45, 2.75) is 18.6 Å². The first kappa shape index (κ1) is 17.0. The summed E-state index contributed by atoms with van der Waals surface area (Å²) in [6, 6.07) is 10.5. The van der Waals surface area contributed by atoms with Gasteiger partial charge in [0, 0.05) is 12.1 Å². The second kappa shape index (κ2) is 6.23. The molecule has 1 amide bonds. The first-order chi connectivity index (χ1) is 11.8. The SMILES string of the molecule is COc1cccc(C2CC(=O)C(=O)N2c2ccc(C(F)(F)F)cc2)c1. The van der Waals surface area contributed by atoms with Crippen molar-refractivity contribution in [3.8, 4) is 5.75 Å². The van der Waals surface area contributed by atoms with Crippen LogP contribution in [0.25, 0.3) is 0 Å². The highest BCUT2D eigenvalue weighted by atomic mass is 19.4. The van der Waals surface area contributed by atoms with Crippen molar-refractivity contribution in [2.75, 3.05) is 12.0 Å². The van der Waals surface area contributed by atoms with Crippen LogP contribution in [0.5, 0.6) is 5.75 Å². The molecule has 0 spiro atoms. The molecule has 1 aliphatic rings. The molecule has 0 saturated carbocycles. The van der Waals surface area contributed by atoms with Crippen LogP contribution in [0.1, 0.15) is 23.6 Å². The van der Waals surface area contributed by atoms with Gasteiger partial charge in [-0.05, 0) is 42.0 Å². The molecule has 0 N–H and O–H groups in total. The summed E-state index contributed by atoms with van der Waals surface area (Å²) in [4.78, 5) is 25.4. The van der Waals surface area contributed by atoms with Gasteiger partial charge in [0.2, 0.25) is 5.78 Å². The Morgan fingerprint density at radius 2 is 1.76 bits per heavy atom. The van der Waals surface area contributed by atoms with E-state index in [1.807, 2.05) is 0 Å². The fraction of sp³-hybridized carbons (Fsp3) is 0.222. The van der Waals surface area contributed by atoms with Crippen molar-refractivity contribution in [2.24, 2.45) is 0 Å². The number of nitrogens with zero attached hydrogens (tertiary/aromatic N) is 1. The van der Waals surface area contributed by atoms with Crippen LogP contribution in [-0.2, 0) is 15.8 Å². The van der Waals surface area contributed by atoms with E-state index in [-0.39, 0.29) is 12.1 Å². The molecule has 25 heavy (non-hydrogen) atoms. The largest absolute Gasteiger partial charge is 0.497 e. The van der Waals surface area contributed by atoms with E-state index in [0.29, 0.717) is 11.3 Å². The fourth-order valence-electron chi connectivity index (χ4n) is 2.85. The topological polar surface area (TPSA) is 46.6 Å². The van der Waals surface area contributed by atoms with Crippen molar-refractivity contribution >= 4 is 17.4 Å². The van der Waals surface area contributed by atoms with Crippen LogP contribution in [0.2, 0.25) is 0 Å². The maximum Gasteiger partial charge on any atom is 0.416 e. The number of anilines is 1. The molecule has 0 bridgehead atoms. The van der Waals surface area contributed by atoms with Gasteiger partial charge in [-0.1, -0.05) is 12.1 Å². The van der Waals surface area contributed by atoms with Crippen molar-refractivity contribution in [3.05, 3.63) is 59.7 Å². The maximum atomic E-state index is 12.7. The third-order valence-corrected chi connectivity index (χ3v) is 4.10. The van der Waals surface area contributed by atoms with Gasteiger partial charge in [0.05, 0.1) is 18.7 Å². The first-order valence-corrected chi connectivity index (χ1v) is 7.49. The monoisotopic (exact) mass is 349 g/mol. The third kappa shape index (κ3) is 3.22. The Hall–Kier alpha value is -2.83. The van der Waals surface area contributed by atoms with Gasteiger partial charge in [-0.2, -0.15) is 13.2 Å². The Labute approximate surface area is 141 Å². The number of Topliss-reactive ketones (excluding diaryl/α,β-unsaturated/α-hetero) is 1. The Bertz CT molecular complexity index is 815. The Kier molecular flexibility index (Phi) is 4.24. The maximum absolute atomic E-state index is 12.7. The van der Waals surface area contributed by atoms with Crippen LogP contribution in [0.3, 0.4) is 0 Å². The highest BCUT2D eigenvalue weighted by Gasteiger charge is 2.40. The molecule has 0 aromatic heterocycles. The van der Waals surface area contributed by atoms with Gasteiger partial charge in [0.25, 0.3) is 5.91 Å². The summed E-state index contributed by atoms with van der Waals surface area (Å²) in [7, 11) is 1.50. The summed E-state index contributed by atoms with van der Waals surface area (Å²) in [6.07, 6.45) is -4.50. The zero-order chi connectivity index (χ0) is 18.2. The van der Waals surface area contributed by atoms with Gasteiger partial charge in [-0.3, -0.25) is 14.5 Å². The molecule has 1 atom stereocenters. The number of hydrogen-bond acceptors (Lipinski definition) is 3. The summed E-state index contributed by atoms with van der Waals surface area (Å²) in [5.41, 5.74) is 0.113. The average Bonchev–Trinajstić information content (AvgIpc) is 2.89. The third-order valence-electron chi connectivity index (χ3n) is 4.10. The minimum atomic E-state index is -4.46. The number of ether oxygens (including phenoxy) is 1. The standard InChI is InChI=1S/C18H14F3NO3/c1-25-14-4-2-3-11(9-14)15-10-16(23)17(24)22(15)13-7-5-12(6-8-13)18(19,20)21/h2-9,15H,10H2,1H3. The number of halogens is 3. The number of hydrogen-bond donors (Lipinski definition) is 0. The van der Waals surface area contributed by atoms with E-state index in [2.05, 4.69) is 0 Å². The lowest BCUT2D eigenvalue weighted by Crippen LogP contribution is -2.29. The van der Waals surface area contributed by atoms with Gasteiger partial charge in [0.1, 0.15) is 5.75 Å². The van der Waals surface area contributed by atoms with Gasteiger partial charge in [-0.25, -0.2) is 0 Å². The molecule has 0 radical (unpaired) electrons. The summed E-state index contributed by atoms with van der Waals surface area (Å²) < 4.78 is 43.3. The lowest BCUT2D eigenvalue weighted by molar-refractivity contribution is -0.137. The number of carbonyl (C=O) groups is 2. The smallest absolute Gasteiger partial charge is 0.416 e. The van der Waals surface area contributed by atoms with E-state index in [0.717, 1.165) is 12.1 Å². The molecule has 1 heterocycles. The van der Waals surface area contributed by atoms with E-state index in [1.165, 1.54) is 24.1 Å². The van der Waals surface area contributed by atoms with E-state index in [4.69, 9.17) is 4.74 Å². The summed E-state index contributed by atoms with van der Waals surface area (Å²) in [5.74, 6) is -0.739. The molecule has 7 heteroatoms. The Morgan fingerprint density at radius 3 is 2.36 bits per heavy atom. The van der Waals surface area contributed by atoms with Crippen LogP contribution >= 0.6 is 0 Å². The summed E-state index contributed by atoms with van der Waals surface area (Å²) in [5, 5.41) is 0. The van der Waals surface area contributed by atoms with Gasteiger partial charge in [0.15, 0.2) is 0 Å². The molecule has 1 fully saturated rings. The zero-order valence-corrected chi connectivity index (χ0v) is 13.2. The molecular formula is C18H14F3NO3. The van der Waals surface area contributed by atoms with Gasteiger partial charge >= 0.3 is 6.18 Å². The molecule has 0 aliphatic carbocycles. The average molecular weight is 349 g/mol. The molecule has 130 valence electrons. The van der Waals surface area contributed by atoms with Crippen molar-refractivity contribution in [1.82, 2.24) is 0 Å². The summed E-state index contributed by atoms with van der Waals surface area (Å²) in [6.45, 7) is 0. The fourth-order valence-corrected chi connectivity index (χ4v) is 2.85. The molecule has 1 unspecified atom stereocenters. The highest BCUT2D eigenvalue weighted by molar-refractivity contribution is 6.44. The van der Waals surface area contributed by atoms with Crippen molar-refractivity contribution in [3.63, 3.8) is 0 Å². The highest BCUT2D eigenvalue weighted by Crippen LogP contribution is 2.38. The van der Waals surface area contributed by atoms with Crippen molar-refractivity contribution in [1.29, 1.82) is 0 Å². The van der Waals surface area contributed by atoms with E-state index >= 15 is 0 Å². The number of alkyl halides is 3. The number of methoxy groups -OCH3 is 1. The molecule has 1 saturated heterocycles. The van der Waals surface area contributed by atoms with Gasteiger partial charge in [-0.15, -0.1) is 0 Å². The minimum Gasteiger partial charge on any atom is -0.497 e. The second-order valence-corrected chi connectivity index (χ2v) is 5.64. The molecule has 3 rings (SSSR count). The quantitative estimate of drug-likeness (QED) is 0.793. The van der Waals surface area contributed by atoms with E-state index in [1.54, 1.807) is 24.3 Å². The molecule has 1 aliphatic heterocycles. The molecular weight excluding hydrogens is 335 g/mol. The van der Waals surface area contributed by atoms with Crippen LogP contribution < -0.4 is 9.64 Å². The van der Waals surface area contributed by atoms with E-state index in [9.17, 15) is 22.8 Å². The number of ketones is 1. The Morgan fingerprint density at radius 1 is 1.08 bits per heavy atom. The molecule has 2 aromatic rings. The van der Waals surface area contributed by atoms with Crippen LogP contribution in [0.15, 0.2) is 48.5 Å². The van der Waals surface area contributed by atoms with E-state index < -0.39 is 29.5 Å². The number of amides is 1. The Balaban J connectivity index is 1.99. The molecule has 2 aromatic carbocycles. The van der Waals surface area contributed by atoms with Crippen LogP contribution in [-0.4, -0.2) is 18.8 Å². The first-order valence-electron chi connectivity index (χ1n) is 7.49. The van der Waals surface area contributed by atoms with Crippen LogP contribution in [0, 0.1) is 0 Å². The van der Waals surface area contributed by atoms with Crippen LogP contribution in [0.4, 0.5) is 18.9 Å². The van der Waals surface area contributed by atoms with Gasteiger partial charge < -0.3 is 4.74 Å². The second-order valence-electron chi connectivity index (χ2n) is 5.64. The number of benzene rings is 2. The normalized spacial score (nSPS) is 17.9. The zero-order valence-electron chi connectivity index (χ0n) is 13.2. The summed E-state index contributed by atoms with van der Waals surface area (Å²) >= 11 is 0. The molecule has 4 nitrogen and oxygen atoms in total. The number of carbonyl (C=O) groups excluding carboxylic acids is 2.